The van der Waals surface area contributed by atoms with Crippen molar-refractivity contribution in [3.8, 4) is 11.3 Å². The number of sulfonamides is 1. The molecule has 0 aliphatic carbocycles. The lowest BCUT2D eigenvalue weighted by Crippen LogP contribution is -2.49. The van der Waals surface area contributed by atoms with Gasteiger partial charge in [0.2, 0.25) is 10.0 Å². The number of fused-ring (bicyclic) bond motifs is 2. The highest BCUT2D eigenvalue weighted by atomic mass is 32.2. The van der Waals surface area contributed by atoms with Crippen molar-refractivity contribution in [2.75, 3.05) is 42.5 Å². The van der Waals surface area contributed by atoms with Crippen LogP contribution in [0.5, 0.6) is 0 Å². The number of alkyl halides is 3. The van der Waals surface area contributed by atoms with Gasteiger partial charge in [-0.3, -0.25) is 4.79 Å². The average molecular weight is 568 g/mol. The third kappa shape index (κ3) is 4.77. The van der Waals surface area contributed by atoms with Crippen molar-refractivity contribution < 1.29 is 26.4 Å². The van der Waals surface area contributed by atoms with Gasteiger partial charge in [-0.15, -0.1) is 10.2 Å². The Balaban J connectivity index is 1.12. The first kappa shape index (κ1) is 26.2. The smallest absolute Gasteiger partial charge is 0.352 e. The van der Waals surface area contributed by atoms with Gasteiger partial charge in [0.05, 0.1) is 10.6 Å². The van der Waals surface area contributed by atoms with E-state index in [1.165, 1.54) is 22.5 Å². The molecule has 0 spiro atoms. The van der Waals surface area contributed by atoms with Gasteiger partial charge in [-0.1, -0.05) is 36.4 Å². The second kappa shape index (κ2) is 9.86. The molecule has 3 heterocycles. The summed E-state index contributed by atoms with van der Waals surface area (Å²) in [6, 6.07) is 21.9. The van der Waals surface area contributed by atoms with Crippen LogP contribution in [0, 0.1) is 0 Å². The van der Waals surface area contributed by atoms with Crippen LogP contribution in [-0.4, -0.2) is 67.7 Å². The third-order valence-electron chi connectivity index (χ3n) is 7.33. The Morgan fingerprint density at radius 1 is 0.800 bits per heavy atom. The van der Waals surface area contributed by atoms with Crippen molar-refractivity contribution >= 4 is 38.2 Å². The SMILES string of the molecule is O=C(N1CCc2cc(S(=O)(=O)N3CCN(c4ccc(-c5ccc6ccccc6c5)nn4)CC3)ccc21)C(F)(F)F. The maximum Gasteiger partial charge on any atom is 0.471 e. The molecule has 1 fully saturated rings. The number of carbonyl (C=O) groups excluding carboxylic acids is 1. The molecule has 6 rings (SSSR count). The number of rotatable bonds is 4. The fourth-order valence-corrected chi connectivity index (χ4v) is 6.68. The Bertz CT molecular complexity index is 1700. The van der Waals surface area contributed by atoms with Crippen LogP contribution >= 0.6 is 0 Å². The summed E-state index contributed by atoms with van der Waals surface area (Å²) in [6.45, 7) is 1.10. The van der Waals surface area contributed by atoms with E-state index in [1.807, 2.05) is 53.4 Å². The summed E-state index contributed by atoms with van der Waals surface area (Å²) < 4.78 is 66.7. The van der Waals surface area contributed by atoms with Crippen molar-refractivity contribution in [1.82, 2.24) is 14.5 Å². The van der Waals surface area contributed by atoms with E-state index in [1.54, 1.807) is 0 Å². The lowest BCUT2D eigenvalue weighted by molar-refractivity contribution is -0.170. The number of piperazine rings is 1. The van der Waals surface area contributed by atoms with E-state index in [0.717, 1.165) is 22.0 Å². The summed E-state index contributed by atoms with van der Waals surface area (Å²) >= 11 is 0. The maximum absolute atomic E-state index is 13.3. The molecule has 0 radical (unpaired) electrons. The molecule has 2 aliphatic heterocycles. The van der Waals surface area contributed by atoms with Gasteiger partial charge >= 0.3 is 12.1 Å². The van der Waals surface area contributed by atoms with Crippen molar-refractivity contribution in [3.63, 3.8) is 0 Å². The molecule has 0 saturated carbocycles. The molecule has 206 valence electrons. The summed E-state index contributed by atoms with van der Waals surface area (Å²) in [5.74, 6) is -1.31. The quantitative estimate of drug-likeness (QED) is 0.367. The second-order valence-electron chi connectivity index (χ2n) is 9.72. The van der Waals surface area contributed by atoms with Crippen LogP contribution in [0.4, 0.5) is 24.7 Å². The molecule has 2 aliphatic rings. The van der Waals surface area contributed by atoms with Gasteiger partial charge < -0.3 is 9.80 Å². The number of hydrogen-bond acceptors (Lipinski definition) is 6. The second-order valence-corrected chi connectivity index (χ2v) is 11.7. The summed E-state index contributed by atoms with van der Waals surface area (Å²) in [6.07, 6.45) is -4.84. The van der Waals surface area contributed by atoms with Crippen LogP contribution in [0.1, 0.15) is 5.56 Å². The first-order valence-electron chi connectivity index (χ1n) is 12.7. The Labute approximate surface area is 228 Å². The monoisotopic (exact) mass is 567 g/mol. The lowest BCUT2D eigenvalue weighted by Gasteiger charge is -2.34. The number of amides is 1. The fraction of sp³-hybridized carbons (Fsp3) is 0.250. The molecule has 4 aromatic rings. The molecular weight excluding hydrogens is 543 g/mol. The van der Waals surface area contributed by atoms with Crippen molar-refractivity contribution in [2.45, 2.75) is 17.5 Å². The van der Waals surface area contributed by atoms with Gasteiger partial charge in [0.15, 0.2) is 5.82 Å². The minimum absolute atomic E-state index is 0.000497. The van der Waals surface area contributed by atoms with Crippen LogP contribution in [0.3, 0.4) is 0 Å². The summed E-state index contributed by atoms with van der Waals surface area (Å²) in [4.78, 5) is 14.3. The molecule has 0 atom stereocenters. The zero-order valence-corrected chi connectivity index (χ0v) is 22.0. The van der Waals surface area contributed by atoms with E-state index in [-0.39, 0.29) is 36.6 Å². The molecule has 0 unspecified atom stereocenters. The van der Waals surface area contributed by atoms with E-state index >= 15 is 0 Å². The van der Waals surface area contributed by atoms with Crippen LogP contribution < -0.4 is 9.80 Å². The van der Waals surface area contributed by atoms with Crippen LogP contribution in [0.2, 0.25) is 0 Å². The van der Waals surface area contributed by atoms with Gasteiger partial charge in [-0.2, -0.15) is 17.5 Å². The molecule has 0 bridgehead atoms. The van der Waals surface area contributed by atoms with Gasteiger partial charge in [0.1, 0.15) is 0 Å². The fourth-order valence-electron chi connectivity index (χ4n) is 5.21. The lowest BCUT2D eigenvalue weighted by atomic mass is 10.1. The molecule has 3 aromatic carbocycles. The van der Waals surface area contributed by atoms with Gasteiger partial charge in [-0.05, 0) is 59.2 Å². The van der Waals surface area contributed by atoms with E-state index in [0.29, 0.717) is 29.4 Å². The molecule has 0 N–H and O–H groups in total. The van der Waals surface area contributed by atoms with E-state index in [2.05, 4.69) is 16.3 Å². The number of carbonyl (C=O) groups is 1. The molecule has 1 saturated heterocycles. The summed E-state index contributed by atoms with van der Waals surface area (Å²) in [7, 11) is -3.87. The minimum atomic E-state index is -4.99. The zero-order chi connectivity index (χ0) is 28.1. The molecular formula is C28H24F3N5O3S. The minimum Gasteiger partial charge on any atom is -0.352 e. The van der Waals surface area contributed by atoms with Gasteiger partial charge in [-0.25, -0.2) is 8.42 Å². The highest BCUT2D eigenvalue weighted by Crippen LogP contribution is 2.34. The van der Waals surface area contributed by atoms with Crippen molar-refractivity contribution in [3.05, 3.63) is 78.4 Å². The van der Waals surface area contributed by atoms with E-state index in [9.17, 15) is 26.4 Å². The van der Waals surface area contributed by atoms with Crippen LogP contribution in [0.25, 0.3) is 22.0 Å². The molecule has 1 amide bonds. The Morgan fingerprint density at radius 2 is 1.55 bits per heavy atom. The number of benzene rings is 3. The summed E-state index contributed by atoms with van der Waals surface area (Å²) in [5.41, 5.74) is 2.19. The molecule has 12 heteroatoms. The Kier molecular flexibility index (Phi) is 6.46. The number of halogens is 3. The number of anilines is 2. The highest BCUT2D eigenvalue weighted by molar-refractivity contribution is 7.89. The highest BCUT2D eigenvalue weighted by Gasteiger charge is 2.45. The molecule has 40 heavy (non-hydrogen) atoms. The predicted molar refractivity (Wildman–Crippen MR) is 144 cm³/mol. The number of aromatic nitrogens is 2. The van der Waals surface area contributed by atoms with E-state index < -0.39 is 22.1 Å². The normalized spacial score (nSPS) is 16.4. The van der Waals surface area contributed by atoms with Gasteiger partial charge in [0.25, 0.3) is 0 Å². The first-order valence-corrected chi connectivity index (χ1v) is 14.1. The molecule has 8 nitrogen and oxygen atoms in total. The predicted octanol–water partition coefficient (Wildman–Crippen LogP) is 4.26. The number of hydrogen-bond donors (Lipinski definition) is 0. The number of nitrogens with zero attached hydrogens (tertiary/aromatic N) is 5. The van der Waals surface area contributed by atoms with Crippen LogP contribution in [0.15, 0.2) is 77.7 Å². The Hall–Kier alpha value is -4.03. The van der Waals surface area contributed by atoms with E-state index in [4.69, 9.17) is 0 Å². The van der Waals surface area contributed by atoms with Crippen molar-refractivity contribution in [2.24, 2.45) is 0 Å². The standard InChI is InChI=1S/C28H24F3N5O3S/c29-28(30,31)27(37)36-12-11-22-18-23(7-9-25(22)36)40(38,39)35-15-13-34(14-16-35)26-10-8-24(32-33-26)21-6-5-19-3-1-2-4-20(19)17-21/h1-10,17-18H,11-16H2. The average Bonchev–Trinajstić information content (AvgIpc) is 3.39. The third-order valence-corrected chi connectivity index (χ3v) is 9.22. The topological polar surface area (TPSA) is 86.7 Å². The van der Waals surface area contributed by atoms with Crippen LogP contribution in [-0.2, 0) is 21.2 Å². The molecule has 1 aromatic heterocycles. The van der Waals surface area contributed by atoms with Gasteiger partial charge in [0, 0.05) is 44.0 Å². The van der Waals surface area contributed by atoms with Crippen molar-refractivity contribution in [1.29, 1.82) is 0 Å². The zero-order valence-electron chi connectivity index (χ0n) is 21.2. The summed E-state index contributed by atoms with van der Waals surface area (Å²) in [5, 5.41) is 11.0. The Morgan fingerprint density at radius 3 is 2.25 bits per heavy atom. The largest absolute Gasteiger partial charge is 0.471 e. The first-order chi connectivity index (χ1) is 19.1. The maximum atomic E-state index is 13.3.